The predicted molar refractivity (Wildman–Crippen MR) is 107 cm³/mol. The minimum atomic E-state index is -0.0907. The number of nitrogens with zero attached hydrogens (tertiary/aromatic N) is 2. The number of benzene rings is 1. The third-order valence-corrected chi connectivity index (χ3v) is 7.25. The Bertz CT molecular complexity index is 639. The van der Waals surface area contributed by atoms with Crippen LogP contribution in [0.1, 0.15) is 51.5 Å². The van der Waals surface area contributed by atoms with E-state index in [0.717, 1.165) is 50.2 Å². The zero-order valence-electron chi connectivity index (χ0n) is 16.1. The smallest absolute Gasteiger partial charge is 0.230 e. The van der Waals surface area contributed by atoms with Crippen LogP contribution in [0.15, 0.2) is 30.3 Å². The number of carbonyl (C=O) groups is 2. The Morgan fingerprint density at radius 1 is 1.08 bits per heavy atom. The topological polar surface area (TPSA) is 40.6 Å². The highest BCUT2D eigenvalue weighted by Gasteiger charge is 2.47. The van der Waals surface area contributed by atoms with E-state index in [0.29, 0.717) is 0 Å². The molecule has 0 saturated carbocycles. The first kappa shape index (κ1) is 19.3. The summed E-state index contributed by atoms with van der Waals surface area (Å²) in [6, 6.07) is 10.1. The highest BCUT2D eigenvalue weighted by molar-refractivity contribution is 8.00. The van der Waals surface area contributed by atoms with Gasteiger partial charge in [0.2, 0.25) is 11.8 Å². The van der Waals surface area contributed by atoms with Gasteiger partial charge < -0.3 is 9.80 Å². The minimum absolute atomic E-state index is 0.0350. The first-order chi connectivity index (χ1) is 12.5. The Labute approximate surface area is 161 Å². The SMILES string of the molecule is CCC(C(=O)N1CCC2(CC1)SCCN2C(=O)C(C)C)c1ccccc1. The summed E-state index contributed by atoms with van der Waals surface area (Å²) in [4.78, 5) is 29.7. The monoisotopic (exact) mass is 374 g/mol. The lowest BCUT2D eigenvalue weighted by molar-refractivity contribution is -0.140. The lowest BCUT2D eigenvalue weighted by Crippen LogP contribution is -2.54. The molecule has 1 aromatic rings. The molecule has 0 bridgehead atoms. The van der Waals surface area contributed by atoms with Crippen molar-refractivity contribution in [3.63, 3.8) is 0 Å². The number of carbonyl (C=O) groups excluding carboxylic acids is 2. The fraction of sp³-hybridized carbons (Fsp3) is 0.619. The quantitative estimate of drug-likeness (QED) is 0.806. The van der Waals surface area contributed by atoms with Crippen molar-refractivity contribution in [1.82, 2.24) is 9.80 Å². The summed E-state index contributed by atoms with van der Waals surface area (Å²) in [6.45, 7) is 8.37. The molecule has 1 aromatic carbocycles. The molecule has 1 atom stereocenters. The van der Waals surface area contributed by atoms with Gasteiger partial charge in [0.15, 0.2) is 0 Å². The van der Waals surface area contributed by atoms with Crippen LogP contribution in [-0.4, -0.2) is 51.9 Å². The second-order valence-electron chi connectivity index (χ2n) is 7.64. The lowest BCUT2D eigenvalue weighted by Gasteiger charge is -2.45. The fourth-order valence-corrected chi connectivity index (χ4v) is 5.64. The van der Waals surface area contributed by atoms with Gasteiger partial charge in [-0.15, -0.1) is 11.8 Å². The molecule has 142 valence electrons. The van der Waals surface area contributed by atoms with Crippen LogP contribution in [0.5, 0.6) is 0 Å². The number of amides is 2. The van der Waals surface area contributed by atoms with Crippen LogP contribution in [0.25, 0.3) is 0 Å². The summed E-state index contributed by atoms with van der Waals surface area (Å²) in [5, 5.41) is 0. The predicted octanol–water partition coefficient (Wildman–Crippen LogP) is 3.73. The first-order valence-electron chi connectivity index (χ1n) is 9.77. The number of likely N-dealkylation sites (tertiary alicyclic amines) is 1. The van der Waals surface area contributed by atoms with Gasteiger partial charge in [-0.1, -0.05) is 51.1 Å². The Balaban J connectivity index is 1.68. The zero-order valence-corrected chi connectivity index (χ0v) is 16.9. The van der Waals surface area contributed by atoms with Crippen LogP contribution in [0.3, 0.4) is 0 Å². The molecule has 0 N–H and O–H groups in total. The molecule has 3 rings (SSSR count). The van der Waals surface area contributed by atoms with Crippen LogP contribution >= 0.6 is 11.8 Å². The van der Waals surface area contributed by atoms with Crippen LogP contribution < -0.4 is 0 Å². The Morgan fingerprint density at radius 3 is 2.31 bits per heavy atom. The van der Waals surface area contributed by atoms with E-state index >= 15 is 0 Å². The van der Waals surface area contributed by atoms with E-state index in [1.165, 1.54) is 0 Å². The first-order valence-corrected chi connectivity index (χ1v) is 10.8. The molecule has 2 heterocycles. The second kappa shape index (κ2) is 8.03. The van der Waals surface area contributed by atoms with Crippen LogP contribution in [-0.2, 0) is 9.59 Å². The molecule has 4 nitrogen and oxygen atoms in total. The molecule has 2 saturated heterocycles. The maximum atomic E-state index is 13.1. The molecule has 5 heteroatoms. The summed E-state index contributed by atoms with van der Waals surface area (Å²) in [5.74, 6) is 1.47. The van der Waals surface area contributed by atoms with Crippen LogP contribution in [0.4, 0.5) is 0 Å². The van der Waals surface area contributed by atoms with E-state index in [1.54, 1.807) is 0 Å². The van der Waals surface area contributed by atoms with Gasteiger partial charge in [-0.05, 0) is 24.8 Å². The molecular formula is C21H30N2O2S. The molecule has 2 amide bonds. The molecule has 2 aliphatic rings. The Morgan fingerprint density at radius 2 is 1.73 bits per heavy atom. The van der Waals surface area contributed by atoms with E-state index in [2.05, 4.69) is 11.8 Å². The molecular weight excluding hydrogens is 344 g/mol. The molecule has 1 spiro atoms. The molecule has 2 aliphatic heterocycles. The standard InChI is InChI=1S/C21H30N2O2S/c1-4-18(17-8-6-5-7-9-17)20(25)22-12-10-21(11-13-22)23(14-15-26-21)19(24)16(2)3/h5-9,16,18H,4,10-15H2,1-3H3. The van der Waals surface area contributed by atoms with Gasteiger partial charge in [-0.3, -0.25) is 9.59 Å². The van der Waals surface area contributed by atoms with Gasteiger partial charge in [0.25, 0.3) is 0 Å². The average Bonchev–Trinajstić information content (AvgIpc) is 3.06. The van der Waals surface area contributed by atoms with Crippen molar-refractivity contribution in [2.24, 2.45) is 5.92 Å². The van der Waals surface area contributed by atoms with Gasteiger partial charge in [0.05, 0.1) is 10.8 Å². The minimum Gasteiger partial charge on any atom is -0.342 e. The lowest BCUT2D eigenvalue weighted by atomic mass is 9.93. The number of thioether (sulfide) groups is 1. The molecule has 1 unspecified atom stereocenters. The van der Waals surface area contributed by atoms with Crippen LogP contribution in [0.2, 0.25) is 0 Å². The van der Waals surface area contributed by atoms with Gasteiger partial charge in [0, 0.05) is 31.3 Å². The average molecular weight is 375 g/mol. The zero-order chi connectivity index (χ0) is 18.7. The summed E-state index contributed by atoms with van der Waals surface area (Å²) in [6.07, 6.45) is 2.58. The van der Waals surface area contributed by atoms with Crippen molar-refractivity contribution in [2.75, 3.05) is 25.4 Å². The molecule has 0 radical (unpaired) electrons. The number of hydrogen-bond acceptors (Lipinski definition) is 3. The number of hydrogen-bond donors (Lipinski definition) is 0. The molecule has 2 fully saturated rings. The summed E-state index contributed by atoms with van der Waals surface area (Å²) < 4.78 is 0. The highest BCUT2D eigenvalue weighted by Crippen LogP contribution is 2.44. The summed E-state index contributed by atoms with van der Waals surface area (Å²) in [7, 11) is 0. The Hall–Kier alpha value is -1.49. The van der Waals surface area contributed by atoms with E-state index in [9.17, 15) is 9.59 Å². The maximum Gasteiger partial charge on any atom is 0.230 e. The van der Waals surface area contributed by atoms with Crippen molar-refractivity contribution < 1.29 is 9.59 Å². The molecule has 0 aliphatic carbocycles. The van der Waals surface area contributed by atoms with Crippen molar-refractivity contribution in [3.05, 3.63) is 35.9 Å². The molecule has 0 aromatic heterocycles. The largest absolute Gasteiger partial charge is 0.342 e. The van der Waals surface area contributed by atoms with E-state index in [1.807, 2.05) is 60.8 Å². The third kappa shape index (κ3) is 3.64. The third-order valence-electron chi connectivity index (χ3n) is 5.70. The van der Waals surface area contributed by atoms with Crippen molar-refractivity contribution in [1.29, 1.82) is 0 Å². The van der Waals surface area contributed by atoms with Crippen LogP contribution in [0, 0.1) is 5.92 Å². The van der Waals surface area contributed by atoms with Crippen molar-refractivity contribution in [3.8, 4) is 0 Å². The molecule has 26 heavy (non-hydrogen) atoms. The van der Waals surface area contributed by atoms with Gasteiger partial charge in [-0.25, -0.2) is 0 Å². The normalized spacial score (nSPS) is 20.6. The summed E-state index contributed by atoms with van der Waals surface area (Å²) in [5.41, 5.74) is 1.10. The van der Waals surface area contributed by atoms with E-state index in [-0.39, 0.29) is 28.5 Å². The Kier molecular flexibility index (Phi) is 5.96. The van der Waals surface area contributed by atoms with E-state index in [4.69, 9.17) is 0 Å². The van der Waals surface area contributed by atoms with E-state index < -0.39 is 0 Å². The maximum absolute atomic E-state index is 13.1. The second-order valence-corrected chi connectivity index (χ2v) is 9.09. The number of rotatable bonds is 4. The number of piperidine rings is 1. The van der Waals surface area contributed by atoms with Gasteiger partial charge in [0.1, 0.15) is 0 Å². The van der Waals surface area contributed by atoms with Crippen molar-refractivity contribution >= 4 is 23.6 Å². The van der Waals surface area contributed by atoms with Gasteiger partial charge in [-0.2, -0.15) is 0 Å². The highest BCUT2D eigenvalue weighted by atomic mass is 32.2. The van der Waals surface area contributed by atoms with Crippen molar-refractivity contribution in [2.45, 2.75) is 50.8 Å². The fourth-order valence-electron chi connectivity index (χ4n) is 4.18. The summed E-state index contributed by atoms with van der Waals surface area (Å²) >= 11 is 1.91. The van der Waals surface area contributed by atoms with Gasteiger partial charge >= 0.3 is 0 Å².